The van der Waals surface area contributed by atoms with Gasteiger partial charge in [-0.3, -0.25) is 14.6 Å². The van der Waals surface area contributed by atoms with Crippen LogP contribution in [-0.4, -0.2) is 29.2 Å². The summed E-state index contributed by atoms with van der Waals surface area (Å²) in [5, 5.41) is 7.54. The van der Waals surface area contributed by atoms with Gasteiger partial charge in [0.25, 0.3) is 11.5 Å². The van der Waals surface area contributed by atoms with Crippen molar-refractivity contribution in [3.05, 3.63) is 94.3 Å². The number of nitrogens with zero attached hydrogens (tertiary/aromatic N) is 2. The van der Waals surface area contributed by atoms with Gasteiger partial charge in [-0.2, -0.15) is 5.10 Å². The summed E-state index contributed by atoms with van der Waals surface area (Å²) in [7, 11) is 1.59. The first-order valence-electron chi connectivity index (χ1n) is 9.46. The number of carbonyl (C=O) groups is 1. The van der Waals surface area contributed by atoms with Crippen molar-refractivity contribution in [1.82, 2.24) is 15.4 Å². The maximum atomic E-state index is 12.3. The topological polar surface area (TPSA) is 108 Å². The maximum absolute atomic E-state index is 12.3. The number of hydrogen-bond acceptors (Lipinski definition) is 6. The third-order valence-electron chi connectivity index (χ3n) is 4.50. The second-order valence-corrected chi connectivity index (χ2v) is 6.61. The molecule has 1 aromatic heterocycles. The van der Waals surface area contributed by atoms with Crippen LogP contribution < -0.4 is 21.0 Å². The molecule has 0 bridgehead atoms. The van der Waals surface area contributed by atoms with E-state index in [4.69, 9.17) is 4.74 Å². The van der Waals surface area contributed by atoms with Crippen LogP contribution in [-0.2, 0) is 0 Å². The van der Waals surface area contributed by atoms with E-state index in [9.17, 15) is 9.59 Å². The molecule has 154 valence electrons. The van der Waals surface area contributed by atoms with Crippen molar-refractivity contribution in [2.45, 2.75) is 0 Å². The number of aromatic amines is 1. The number of hydrazone groups is 1. The van der Waals surface area contributed by atoms with E-state index in [-0.39, 0.29) is 11.5 Å². The van der Waals surface area contributed by atoms with Gasteiger partial charge in [-0.05, 0) is 54.1 Å². The molecule has 0 atom stereocenters. The fourth-order valence-electron chi connectivity index (χ4n) is 2.94. The van der Waals surface area contributed by atoms with Gasteiger partial charge in [-0.1, -0.05) is 24.3 Å². The van der Waals surface area contributed by atoms with Crippen LogP contribution in [0.1, 0.15) is 15.9 Å². The van der Waals surface area contributed by atoms with Crippen molar-refractivity contribution in [2.24, 2.45) is 5.10 Å². The van der Waals surface area contributed by atoms with Gasteiger partial charge < -0.3 is 10.1 Å². The lowest BCUT2D eigenvalue weighted by atomic mass is 10.2. The molecule has 1 amide bonds. The largest absolute Gasteiger partial charge is 0.497 e. The maximum Gasteiger partial charge on any atom is 0.271 e. The quantitative estimate of drug-likeness (QED) is 0.331. The van der Waals surface area contributed by atoms with E-state index in [0.29, 0.717) is 33.9 Å². The summed E-state index contributed by atoms with van der Waals surface area (Å²) in [6, 6.07) is 21.2. The van der Waals surface area contributed by atoms with E-state index in [1.807, 2.05) is 24.3 Å². The Labute approximate surface area is 177 Å². The van der Waals surface area contributed by atoms with E-state index in [1.54, 1.807) is 55.6 Å². The van der Waals surface area contributed by atoms with Crippen LogP contribution in [0.2, 0.25) is 0 Å². The molecule has 8 nitrogen and oxygen atoms in total. The third-order valence-corrected chi connectivity index (χ3v) is 4.50. The van der Waals surface area contributed by atoms with Crippen LogP contribution in [0, 0.1) is 0 Å². The Morgan fingerprint density at radius 3 is 2.68 bits per heavy atom. The standard InChI is InChI=1S/C23H19N5O3/c1-31-18-6-4-5-15(13-18)14-24-28-21(29)16-9-11-17(12-10-16)25-23-26-20-8-3-2-7-19(20)22(30)27-23/h2-14H,1H3,(H,28,29)(H2,25,26,27,30)/b24-14-. The lowest BCUT2D eigenvalue weighted by Gasteiger charge is -2.07. The molecule has 1 heterocycles. The van der Waals surface area contributed by atoms with Crippen molar-refractivity contribution in [2.75, 3.05) is 12.4 Å². The van der Waals surface area contributed by atoms with Gasteiger partial charge in [-0.15, -0.1) is 0 Å². The van der Waals surface area contributed by atoms with Crippen LogP contribution in [0.15, 0.2) is 82.7 Å². The first-order valence-corrected chi connectivity index (χ1v) is 9.46. The molecule has 4 aromatic rings. The first-order chi connectivity index (χ1) is 15.1. The molecule has 0 aliphatic rings. The lowest BCUT2D eigenvalue weighted by Crippen LogP contribution is -2.17. The summed E-state index contributed by atoms with van der Waals surface area (Å²) in [6.45, 7) is 0. The fourth-order valence-corrected chi connectivity index (χ4v) is 2.94. The SMILES string of the molecule is COc1cccc(/C=N\NC(=O)c2ccc(Nc3nc4ccccc4c(=O)[nH]3)cc2)c1. The van der Waals surface area contributed by atoms with Crippen molar-refractivity contribution in [3.63, 3.8) is 0 Å². The molecule has 0 saturated carbocycles. The smallest absolute Gasteiger partial charge is 0.271 e. The average molecular weight is 413 g/mol. The number of aromatic nitrogens is 2. The molecule has 0 saturated heterocycles. The molecule has 0 spiro atoms. The minimum absolute atomic E-state index is 0.224. The second-order valence-electron chi connectivity index (χ2n) is 6.61. The van der Waals surface area contributed by atoms with Gasteiger partial charge in [0, 0.05) is 11.3 Å². The minimum atomic E-state index is -0.345. The third kappa shape index (κ3) is 4.76. The zero-order valence-corrected chi connectivity index (χ0v) is 16.6. The van der Waals surface area contributed by atoms with E-state index in [1.165, 1.54) is 6.21 Å². The molecule has 0 aliphatic heterocycles. The number of H-pyrrole nitrogens is 1. The highest BCUT2D eigenvalue weighted by Gasteiger charge is 2.06. The van der Waals surface area contributed by atoms with Gasteiger partial charge in [0.1, 0.15) is 5.75 Å². The number of anilines is 2. The summed E-state index contributed by atoms with van der Waals surface area (Å²) < 4.78 is 5.15. The van der Waals surface area contributed by atoms with Crippen LogP contribution in [0.5, 0.6) is 5.75 Å². The summed E-state index contributed by atoms with van der Waals surface area (Å²) in [6.07, 6.45) is 1.54. The van der Waals surface area contributed by atoms with Crippen LogP contribution in [0.4, 0.5) is 11.6 Å². The number of nitrogens with one attached hydrogen (secondary N) is 3. The molecule has 0 aliphatic carbocycles. The number of hydrogen-bond donors (Lipinski definition) is 3. The second kappa shape index (κ2) is 8.91. The van der Waals surface area contributed by atoms with Gasteiger partial charge in [-0.25, -0.2) is 10.4 Å². The molecule has 3 aromatic carbocycles. The Hall–Kier alpha value is -4.46. The Morgan fingerprint density at radius 1 is 1.06 bits per heavy atom. The number of amides is 1. The lowest BCUT2D eigenvalue weighted by molar-refractivity contribution is 0.0955. The Bertz CT molecular complexity index is 1310. The van der Waals surface area contributed by atoms with E-state index in [0.717, 1.165) is 5.56 Å². The highest BCUT2D eigenvalue weighted by molar-refractivity contribution is 5.95. The number of para-hydroxylation sites is 1. The number of methoxy groups -OCH3 is 1. The Balaban J connectivity index is 1.41. The minimum Gasteiger partial charge on any atom is -0.497 e. The zero-order valence-electron chi connectivity index (χ0n) is 16.6. The predicted molar refractivity (Wildman–Crippen MR) is 120 cm³/mol. The number of ether oxygens (including phenoxy) is 1. The highest BCUT2D eigenvalue weighted by atomic mass is 16.5. The molecular formula is C23H19N5O3. The summed E-state index contributed by atoms with van der Waals surface area (Å²) in [5.41, 5.74) is 4.78. The number of benzene rings is 3. The zero-order chi connectivity index (χ0) is 21.6. The van der Waals surface area contributed by atoms with Crippen LogP contribution in [0.25, 0.3) is 10.9 Å². The number of carbonyl (C=O) groups excluding carboxylic acids is 1. The van der Waals surface area contributed by atoms with Gasteiger partial charge in [0.15, 0.2) is 0 Å². The summed E-state index contributed by atoms with van der Waals surface area (Å²) >= 11 is 0. The van der Waals surface area contributed by atoms with Crippen molar-refractivity contribution in [1.29, 1.82) is 0 Å². The Kier molecular flexibility index (Phi) is 5.70. The monoisotopic (exact) mass is 413 g/mol. The highest BCUT2D eigenvalue weighted by Crippen LogP contribution is 2.15. The van der Waals surface area contributed by atoms with Gasteiger partial charge in [0.2, 0.25) is 5.95 Å². The first kappa shape index (κ1) is 19.8. The van der Waals surface area contributed by atoms with Crippen LogP contribution >= 0.6 is 0 Å². The van der Waals surface area contributed by atoms with Crippen molar-refractivity contribution >= 4 is 34.7 Å². The molecule has 0 fully saturated rings. The number of fused-ring (bicyclic) bond motifs is 1. The normalized spacial score (nSPS) is 10.9. The molecule has 31 heavy (non-hydrogen) atoms. The van der Waals surface area contributed by atoms with Gasteiger partial charge >= 0.3 is 0 Å². The summed E-state index contributed by atoms with van der Waals surface area (Å²) in [5.74, 6) is 0.687. The summed E-state index contributed by atoms with van der Waals surface area (Å²) in [4.78, 5) is 31.6. The fraction of sp³-hybridized carbons (Fsp3) is 0.0435. The molecule has 4 rings (SSSR count). The Morgan fingerprint density at radius 2 is 1.87 bits per heavy atom. The van der Waals surface area contributed by atoms with Crippen LogP contribution in [0.3, 0.4) is 0 Å². The molecule has 0 radical (unpaired) electrons. The molecule has 8 heteroatoms. The molecule has 3 N–H and O–H groups in total. The van der Waals surface area contributed by atoms with E-state index in [2.05, 4.69) is 25.8 Å². The van der Waals surface area contributed by atoms with Gasteiger partial charge in [0.05, 0.1) is 24.2 Å². The predicted octanol–water partition coefficient (Wildman–Crippen LogP) is 3.44. The van der Waals surface area contributed by atoms with E-state index >= 15 is 0 Å². The van der Waals surface area contributed by atoms with E-state index < -0.39 is 0 Å². The molecular weight excluding hydrogens is 394 g/mol. The van der Waals surface area contributed by atoms with Crippen molar-refractivity contribution in [3.8, 4) is 5.75 Å². The number of rotatable bonds is 6. The van der Waals surface area contributed by atoms with Crippen molar-refractivity contribution < 1.29 is 9.53 Å². The average Bonchev–Trinajstić information content (AvgIpc) is 2.80. The molecule has 0 unspecified atom stereocenters.